The van der Waals surface area contributed by atoms with Crippen molar-refractivity contribution in [2.75, 3.05) is 4.90 Å². The highest BCUT2D eigenvalue weighted by Gasteiger charge is 2.15. The minimum absolute atomic E-state index is 0.717. The van der Waals surface area contributed by atoms with Crippen LogP contribution in [-0.2, 0) is 0 Å². The van der Waals surface area contributed by atoms with E-state index in [4.69, 9.17) is 16.0 Å². The Morgan fingerprint density at radius 3 is 1.82 bits per heavy atom. The van der Waals surface area contributed by atoms with E-state index in [1.807, 2.05) is 54.6 Å². The van der Waals surface area contributed by atoms with Gasteiger partial charge in [-0.3, -0.25) is 0 Å². The van der Waals surface area contributed by atoms with E-state index in [0.29, 0.717) is 0 Å². The number of hydrogen-bond donors (Lipinski definition) is 0. The fraction of sp³-hybridized carbons (Fsp3) is 0. The molecule has 6 aromatic rings. The molecule has 33 heavy (non-hydrogen) atoms. The van der Waals surface area contributed by atoms with Crippen LogP contribution in [-0.4, -0.2) is 0 Å². The molecule has 6 rings (SSSR count). The molecule has 1 heterocycles. The van der Waals surface area contributed by atoms with E-state index in [9.17, 15) is 0 Å². The third-order valence-electron chi connectivity index (χ3n) is 5.94. The Morgan fingerprint density at radius 1 is 0.485 bits per heavy atom. The van der Waals surface area contributed by atoms with Gasteiger partial charge in [0.1, 0.15) is 11.2 Å². The monoisotopic (exact) mass is 445 g/mol. The average molecular weight is 446 g/mol. The number of furan rings is 1. The molecular formula is C30H20ClNO. The van der Waals surface area contributed by atoms with E-state index in [0.717, 1.165) is 44.0 Å². The summed E-state index contributed by atoms with van der Waals surface area (Å²) in [5, 5.41) is 2.93. The molecule has 0 amide bonds. The molecule has 5 aromatic carbocycles. The quantitative estimate of drug-likeness (QED) is 0.268. The van der Waals surface area contributed by atoms with Gasteiger partial charge in [0.25, 0.3) is 0 Å². The average Bonchev–Trinajstić information content (AvgIpc) is 3.24. The molecule has 0 aliphatic heterocycles. The summed E-state index contributed by atoms with van der Waals surface area (Å²) in [4.78, 5) is 2.24. The van der Waals surface area contributed by atoms with Crippen LogP contribution in [0.15, 0.2) is 126 Å². The second kappa shape index (κ2) is 8.16. The molecule has 0 radical (unpaired) electrons. The fourth-order valence-electron chi connectivity index (χ4n) is 4.32. The Kier molecular flexibility index (Phi) is 4.86. The first kappa shape index (κ1) is 19.7. The molecule has 0 saturated carbocycles. The third kappa shape index (κ3) is 3.65. The number of anilines is 3. The predicted octanol–water partition coefficient (Wildman–Crippen LogP) is 9.38. The third-order valence-corrected chi connectivity index (χ3v) is 6.19. The maximum Gasteiger partial charge on any atom is 0.135 e. The first-order valence-corrected chi connectivity index (χ1v) is 11.3. The summed E-state index contributed by atoms with van der Waals surface area (Å²) in [5.41, 5.74) is 7.34. The molecule has 2 nitrogen and oxygen atoms in total. The molecule has 0 spiro atoms. The van der Waals surface area contributed by atoms with E-state index in [1.165, 1.54) is 11.1 Å². The van der Waals surface area contributed by atoms with E-state index < -0.39 is 0 Å². The summed E-state index contributed by atoms with van der Waals surface area (Å²) >= 11 is 6.19. The van der Waals surface area contributed by atoms with Gasteiger partial charge in [0.05, 0.1) is 0 Å². The van der Waals surface area contributed by atoms with Crippen molar-refractivity contribution in [3.05, 3.63) is 126 Å². The van der Waals surface area contributed by atoms with Crippen LogP contribution in [0.1, 0.15) is 0 Å². The minimum atomic E-state index is 0.717. The summed E-state index contributed by atoms with van der Waals surface area (Å²) in [7, 11) is 0. The number of benzene rings is 5. The molecule has 0 N–H and O–H groups in total. The molecule has 0 saturated heterocycles. The molecule has 0 aliphatic rings. The first-order valence-electron chi connectivity index (χ1n) is 10.9. The molecule has 0 fully saturated rings. The Hall–Kier alpha value is -4.01. The van der Waals surface area contributed by atoms with Gasteiger partial charge in [0.2, 0.25) is 0 Å². The van der Waals surface area contributed by atoms with E-state index in [2.05, 4.69) is 71.6 Å². The zero-order valence-electron chi connectivity index (χ0n) is 17.8. The summed E-state index contributed by atoms with van der Waals surface area (Å²) in [6, 6.07) is 41.5. The highest BCUT2D eigenvalue weighted by molar-refractivity contribution is 6.30. The Balaban J connectivity index is 1.50. The summed E-state index contributed by atoms with van der Waals surface area (Å²) in [6.45, 7) is 0. The number of hydrogen-bond acceptors (Lipinski definition) is 2. The van der Waals surface area contributed by atoms with Crippen molar-refractivity contribution < 1.29 is 4.42 Å². The van der Waals surface area contributed by atoms with Gasteiger partial charge in [-0.1, -0.05) is 72.3 Å². The van der Waals surface area contributed by atoms with Crippen molar-refractivity contribution in [2.45, 2.75) is 0 Å². The molecule has 3 heteroatoms. The Morgan fingerprint density at radius 2 is 1.06 bits per heavy atom. The normalized spacial score (nSPS) is 11.2. The Labute approximate surface area is 197 Å². The number of nitrogens with zero attached hydrogens (tertiary/aromatic N) is 1. The van der Waals surface area contributed by atoms with Crippen LogP contribution in [0.5, 0.6) is 0 Å². The number of fused-ring (bicyclic) bond motifs is 3. The lowest BCUT2D eigenvalue weighted by molar-refractivity contribution is 0.669. The van der Waals surface area contributed by atoms with E-state index >= 15 is 0 Å². The summed E-state index contributed by atoms with van der Waals surface area (Å²) < 4.78 is 6.04. The first-order chi connectivity index (χ1) is 16.3. The van der Waals surface area contributed by atoms with E-state index in [-0.39, 0.29) is 0 Å². The number of rotatable bonds is 4. The van der Waals surface area contributed by atoms with Crippen LogP contribution in [0.4, 0.5) is 17.1 Å². The van der Waals surface area contributed by atoms with Crippen LogP contribution in [0, 0.1) is 0 Å². The maximum atomic E-state index is 6.19. The van der Waals surface area contributed by atoms with Crippen molar-refractivity contribution in [1.29, 1.82) is 0 Å². The summed E-state index contributed by atoms with van der Waals surface area (Å²) in [5.74, 6) is 0. The zero-order valence-corrected chi connectivity index (χ0v) is 18.5. The van der Waals surface area contributed by atoms with Gasteiger partial charge in [-0.2, -0.15) is 0 Å². The lowest BCUT2D eigenvalue weighted by atomic mass is 10.0. The fourth-order valence-corrected chi connectivity index (χ4v) is 4.45. The van der Waals surface area contributed by atoms with Gasteiger partial charge in [-0.25, -0.2) is 0 Å². The molecule has 0 aliphatic carbocycles. The minimum Gasteiger partial charge on any atom is -0.456 e. The second-order valence-electron chi connectivity index (χ2n) is 8.00. The molecule has 1 aromatic heterocycles. The Bertz CT molecular complexity index is 1550. The maximum absolute atomic E-state index is 6.19. The van der Waals surface area contributed by atoms with Crippen LogP contribution >= 0.6 is 11.6 Å². The van der Waals surface area contributed by atoms with Crippen LogP contribution < -0.4 is 4.90 Å². The topological polar surface area (TPSA) is 16.4 Å². The van der Waals surface area contributed by atoms with Crippen LogP contribution in [0.3, 0.4) is 0 Å². The highest BCUT2D eigenvalue weighted by atomic mass is 35.5. The van der Waals surface area contributed by atoms with Crippen molar-refractivity contribution >= 4 is 50.6 Å². The van der Waals surface area contributed by atoms with Gasteiger partial charge in [-0.15, -0.1) is 0 Å². The van der Waals surface area contributed by atoms with Gasteiger partial charge in [0, 0.05) is 32.9 Å². The van der Waals surface area contributed by atoms with Gasteiger partial charge >= 0.3 is 0 Å². The second-order valence-corrected chi connectivity index (χ2v) is 8.44. The standard InChI is InChI=1S/C30H20ClNO/c31-23-12-16-25(17-13-23)32(24-14-10-22(11-15-24)21-6-2-1-3-7-21)26-18-19-30-28(20-26)27-8-4-5-9-29(27)33-30/h1-20H. The van der Waals surface area contributed by atoms with Crippen molar-refractivity contribution in [3.63, 3.8) is 0 Å². The largest absolute Gasteiger partial charge is 0.456 e. The molecule has 0 atom stereocenters. The molecule has 158 valence electrons. The van der Waals surface area contributed by atoms with Crippen molar-refractivity contribution in [2.24, 2.45) is 0 Å². The van der Waals surface area contributed by atoms with Crippen molar-refractivity contribution in [3.8, 4) is 11.1 Å². The van der Waals surface area contributed by atoms with Gasteiger partial charge in [-0.05, 0) is 71.8 Å². The molecular weight excluding hydrogens is 426 g/mol. The lowest BCUT2D eigenvalue weighted by Crippen LogP contribution is -2.09. The van der Waals surface area contributed by atoms with Gasteiger partial charge in [0.15, 0.2) is 0 Å². The van der Waals surface area contributed by atoms with Crippen LogP contribution in [0.2, 0.25) is 5.02 Å². The predicted molar refractivity (Wildman–Crippen MR) is 139 cm³/mol. The van der Waals surface area contributed by atoms with E-state index in [1.54, 1.807) is 0 Å². The highest BCUT2D eigenvalue weighted by Crippen LogP contribution is 2.39. The number of para-hydroxylation sites is 1. The van der Waals surface area contributed by atoms with Gasteiger partial charge < -0.3 is 9.32 Å². The summed E-state index contributed by atoms with van der Waals surface area (Å²) in [6.07, 6.45) is 0. The van der Waals surface area contributed by atoms with Crippen molar-refractivity contribution in [1.82, 2.24) is 0 Å². The SMILES string of the molecule is Clc1ccc(N(c2ccc(-c3ccccc3)cc2)c2ccc3oc4ccccc4c3c2)cc1. The molecule has 0 bridgehead atoms. The zero-order chi connectivity index (χ0) is 22.2. The number of halogens is 1. The van der Waals surface area contributed by atoms with Crippen LogP contribution in [0.25, 0.3) is 33.1 Å². The smallest absolute Gasteiger partial charge is 0.135 e. The lowest BCUT2D eigenvalue weighted by Gasteiger charge is -2.26. The molecule has 0 unspecified atom stereocenters.